The van der Waals surface area contributed by atoms with Crippen molar-refractivity contribution in [1.29, 1.82) is 0 Å². The molecule has 0 aromatic carbocycles. The monoisotopic (exact) mass is 328 g/mol. The van der Waals surface area contributed by atoms with Crippen LogP contribution in [-0.2, 0) is 18.3 Å². The summed E-state index contributed by atoms with van der Waals surface area (Å²) >= 11 is 0. The molecule has 0 bridgehead atoms. The third kappa shape index (κ3) is 3.47. The zero-order valence-corrected chi connectivity index (χ0v) is 14.3. The van der Waals surface area contributed by atoms with E-state index in [0.29, 0.717) is 13.0 Å². The highest BCUT2D eigenvalue weighted by molar-refractivity contribution is 5.82. The third-order valence-corrected chi connectivity index (χ3v) is 4.54. The topological polar surface area (TPSA) is 83.9 Å². The minimum Gasteiger partial charge on any atom is -0.354 e. The van der Waals surface area contributed by atoms with Crippen molar-refractivity contribution >= 4 is 5.91 Å². The molecular formula is C17H24N6O. The van der Waals surface area contributed by atoms with Gasteiger partial charge >= 0.3 is 0 Å². The fourth-order valence-electron chi connectivity index (χ4n) is 3.19. The SMILES string of the molecule is Cc1nn(C)c(C)c1C1CC(C(=O)NCCc2ccccn2)NN1. The van der Waals surface area contributed by atoms with Gasteiger partial charge in [0.15, 0.2) is 0 Å². The second-order valence-electron chi connectivity index (χ2n) is 6.20. The van der Waals surface area contributed by atoms with E-state index in [0.717, 1.165) is 23.5 Å². The van der Waals surface area contributed by atoms with Crippen LogP contribution >= 0.6 is 0 Å². The molecule has 1 aliphatic rings. The van der Waals surface area contributed by atoms with E-state index in [4.69, 9.17) is 0 Å². The van der Waals surface area contributed by atoms with E-state index >= 15 is 0 Å². The van der Waals surface area contributed by atoms with Crippen molar-refractivity contribution in [2.75, 3.05) is 6.54 Å². The molecule has 3 N–H and O–H groups in total. The van der Waals surface area contributed by atoms with E-state index < -0.39 is 0 Å². The van der Waals surface area contributed by atoms with Gasteiger partial charge in [0.25, 0.3) is 0 Å². The molecular weight excluding hydrogens is 304 g/mol. The Kier molecular flexibility index (Phi) is 4.92. The van der Waals surface area contributed by atoms with Gasteiger partial charge in [-0.05, 0) is 32.4 Å². The normalized spacial score (nSPS) is 20.3. The number of rotatable bonds is 5. The van der Waals surface area contributed by atoms with Crippen molar-refractivity contribution in [3.63, 3.8) is 0 Å². The molecule has 0 radical (unpaired) electrons. The number of hydrazine groups is 1. The van der Waals surface area contributed by atoms with Crippen LogP contribution in [0.5, 0.6) is 0 Å². The summed E-state index contributed by atoms with van der Waals surface area (Å²) in [4.78, 5) is 16.6. The molecule has 1 saturated heterocycles. The number of hydrogen-bond acceptors (Lipinski definition) is 5. The summed E-state index contributed by atoms with van der Waals surface area (Å²) in [5.41, 5.74) is 10.6. The summed E-state index contributed by atoms with van der Waals surface area (Å²) in [7, 11) is 1.94. The largest absolute Gasteiger partial charge is 0.354 e. The van der Waals surface area contributed by atoms with Crippen LogP contribution in [0.1, 0.15) is 35.1 Å². The first-order valence-corrected chi connectivity index (χ1v) is 8.25. The zero-order chi connectivity index (χ0) is 17.1. The van der Waals surface area contributed by atoms with Crippen LogP contribution in [0.25, 0.3) is 0 Å². The Labute approximate surface area is 141 Å². The van der Waals surface area contributed by atoms with Gasteiger partial charge in [0.1, 0.15) is 6.04 Å². The predicted molar refractivity (Wildman–Crippen MR) is 91.1 cm³/mol. The van der Waals surface area contributed by atoms with Crippen molar-refractivity contribution in [2.24, 2.45) is 7.05 Å². The molecule has 128 valence electrons. The van der Waals surface area contributed by atoms with Gasteiger partial charge < -0.3 is 5.32 Å². The molecule has 2 atom stereocenters. The standard InChI is InChI=1S/C17H24N6O/c1-11-16(12(2)23(3)22-11)14-10-15(21-20-14)17(24)19-9-7-13-6-4-5-8-18-13/h4-6,8,14-15,20-21H,7,9-10H2,1-3H3,(H,19,24). The average molecular weight is 328 g/mol. The minimum atomic E-state index is -0.238. The Hall–Kier alpha value is -2.25. The quantitative estimate of drug-likeness (QED) is 0.752. The Morgan fingerprint density at radius 3 is 2.88 bits per heavy atom. The molecule has 7 heteroatoms. The summed E-state index contributed by atoms with van der Waals surface area (Å²) in [5.74, 6) is 0.0140. The van der Waals surface area contributed by atoms with Crippen molar-refractivity contribution in [3.05, 3.63) is 47.0 Å². The van der Waals surface area contributed by atoms with E-state index in [9.17, 15) is 4.79 Å². The molecule has 0 spiro atoms. The maximum absolute atomic E-state index is 12.3. The molecule has 7 nitrogen and oxygen atoms in total. The lowest BCUT2D eigenvalue weighted by Gasteiger charge is -2.11. The van der Waals surface area contributed by atoms with Gasteiger partial charge in [0.2, 0.25) is 5.91 Å². The van der Waals surface area contributed by atoms with E-state index in [1.807, 2.05) is 36.9 Å². The summed E-state index contributed by atoms with van der Waals surface area (Å²) < 4.78 is 1.88. The number of nitrogens with one attached hydrogen (secondary N) is 3. The lowest BCUT2D eigenvalue weighted by atomic mass is 10.00. The van der Waals surface area contributed by atoms with E-state index in [-0.39, 0.29) is 18.0 Å². The number of nitrogens with zero attached hydrogens (tertiary/aromatic N) is 3. The Bertz CT molecular complexity index is 711. The first-order chi connectivity index (χ1) is 11.6. The van der Waals surface area contributed by atoms with Crippen molar-refractivity contribution < 1.29 is 4.79 Å². The zero-order valence-electron chi connectivity index (χ0n) is 14.3. The fourth-order valence-corrected chi connectivity index (χ4v) is 3.19. The molecule has 24 heavy (non-hydrogen) atoms. The summed E-state index contributed by atoms with van der Waals surface area (Å²) in [5, 5.41) is 7.43. The molecule has 2 unspecified atom stereocenters. The summed E-state index contributed by atoms with van der Waals surface area (Å²) in [6.45, 7) is 4.64. The van der Waals surface area contributed by atoms with Crippen LogP contribution in [0.2, 0.25) is 0 Å². The Balaban J connectivity index is 1.52. The van der Waals surface area contributed by atoms with Crippen molar-refractivity contribution in [1.82, 2.24) is 30.9 Å². The highest BCUT2D eigenvalue weighted by Gasteiger charge is 2.32. The van der Waals surface area contributed by atoms with E-state index in [1.54, 1.807) is 6.20 Å². The van der Waals surface area contributed by atoms with Crippen LogP contribution in [0, 0.1) is 13.8 Å². The smallest absolute Gasteiger partial charge is 0.238 e. The third-order valence-electron chi connectivity index (χ3n) is 4.54. The van der Waals surface area contributed by atoms with Gasteiger partial charge in [-0.1, -0.05) is 6.07 Å². The number of aryl methyl sites for hydroxylation is 2. The lowest BCUT2D eigenvalue weighted by Crippen LogP contribution is -2.43. The van der Waals surface area contributed by atoms with E-state index in [1.165, 1.54) is 5.56 Å². The van der Waals surface area contributed by atoms with Crippen LogP contribution in [0.3, 0.4) is 0 Å². The lowest BCUT2D eigenvalue weighted by molar-refractivity contribution is -0.122. The van der Waals surface area contributed by atoms with Gasteiger partial charge in [0.05, 0.1) is 11.7 Å². The number of carbonyl (C=O) groups excluding carboxylic acids is 1. The van der Waals surface area contributed by atoms with Gasteiger partial charge in [-0.15, -0.1) is 0 Å². The molecule has 2 aromatic rings. The molecule has 1 fully saturated rings. The van der Waals surface area contributed by atoms with Gasteiger partial charge in [-0.2, -0.15) is 5.10 Å². The fraction of sp³-hybridized carbons (Fsp3) is 0.471. The van der Waals surface area contributed by atoms with Crippen LogP contribution in [0.4, 0.5) is 0 Å². The van der Waals surface area contributed by atoms with Crippen LogP contribution in [-0.4, -0.2) is 33.3 Å². The first kappa shape index (κ1) is 16.6. The Morgan fingerprint density at radius 2 is 2.21 bits per heavy atom. The van der Waals surface area contributed by atoms with Crippen molar-refractivity contribution in [3.8, 4) is 0 Å². The van der Waals surface area contributed by atoms with E-state index in [2.05, 4.69) is 33.2 Å². The maximum atomic E-state index is 12.3. The Morgan fingerprint density at radius 1 is 1.38 bits per heavy atom. The number of aromatic nitrogens is 3. The first-order valence-electron chi connectivity index (χ1n) is 8.25. The van der Waals surface area contributed by atoms with Gasteiger partial charge in [-0.25, -0.2) is 10.9 Å². The van der Waals surface area contributed by atoms with Gasteiger partial charge in [-0.3, -0.25) is 14.5 Å². The summed E-state index contributed by atoms with van der Waals surface area (Å²) in [6, 6.07) is 5.67. The number of pyridine rings is 1. The highest BCUT2D eigenvalue weighted by atomic mass is 16.2. The molecule has 3 heterocycles. The highest BCUT2D eigenvalue weighted by Crippen LogP contribution is 2.27. The summed E-state index contributed by atoms with van der Waals surface area (Å²) in [6.07, 6.45) is 3.21. The maximum Gasteiger partial charge on any atom is 0.238 e. The molecule has 0 aliphatic carbocycles. The average Bonchev–Trinajstić information content (AvgIpc) is 3.14. The minimum absolute atomic E-state index is 0.0140. The molecule has 1 amide bonds. The van der Waals surface area contributed by atoms with Gasteiger partial charge in [0, 0.05) is 43.2 Å². The second-order valence-corrected chi connectivity index (χ2v) is 6.20. The van der Waals surface area contributed by atoms with Crippen LogP contribution in [0.15, 0.2) is 24.4 Å². The molecule has 2 aromatic heterocycles. The number of carbonyl (C=O) groups is 1. The molecule has 0 saturated carbocycles. The van der Waals surface area contributed by atoms with Crippen molar-refractivity contribution in [2.45, 2.75) is 38.8 Å². The molecule has 1 aliphatic heterocycles. The second kappa shape index (κ2) is 7.11. The number of amides is 1. The van der Waals surface area contributed by atoms with Crippen LogP contribution < -0.4 is 16.2 Å². The molecule has 3 rings (SSSR count). The number of hydrogen-bond donors (Lipinski definition) is 3. The predicted octanol–water partition coefficient (Wildman–Crippen LogP) is 0.698.